The second kappa shape index (κ2) is 5.01. The van der Waals surface area contributed by atoms with E-state index in [0.717, 1.165) is 12.1 Å². The molecule has 0 aromatic heterocycles. The van der Waals surface area contributed by atoms with E-state index < -0.39 is 0 Å². The Labute approximate surface area is 79.2 Å². The van der Waals surface area contributed by atoms with E-state index in [-0.39, 0.29) is 12.4 Å². The molecule has 0 radical (unpaired) electrons. The van der Waals surface area contributed by atoms with Crippen molar-refractivity contribution < 1.29 is 17.5 Å². The second-order valence-electron chi connectivity index (χ2n) is 2.87. The fourth-order valence-corrected chi connectivity index (χ4v) is 0.985. The van der Waals surface area contributed by atoms with E-state index in [2.05, 4.69) is 0 Å². The largest absolute Gasteiger partial charge is 1.00 e. The number of aromatic hydroxyl groups is 1. The monoisotopic (exact) mass is 186 g/mol. The number of rotatable bonds is 2. The van der Waals surface area contributed by atoms with Gasteiger partial charge in [0.2, 0.25) is 0 Å². The third kappa shape index (κ3) is 3.11. The lowest BCUT2D eigenvalue weighted by Gasteiger charge is -2.10. The summed E-state index contributed by atoms with van der Waals surface area (Å²) in [5.41, 5.74) is 0.970. The van der Waals surface area contributed by atoms with Crippen LogP contribution in [0.1, 0.15) is 5.56 Å². The number of para-hydroxylation sites is 1. The molecule has 0 aliphatic rings. The van der Waals surface area contributed by atoms with Gasteiger partial charge in [-0.3, -0.25) is 0 Å². The SMILES string of the molecule is CN(C)Cc1ccccc1O.[Cl-]. The zero-order valence-corrected chi connectivity index (χ0v) is 8.04. The van der Waals surface area contributed by atoms with Crippen LogP contribution in [-0.2, 0) is 6.54 Å². The smallest absolute Gasteiger partial charge is 0.120 e. The van der Waals surface area contributed by atoms with Gasteiger partial charge in [0.25, 0.3) is 0 Å². The summed E-state index contributed by atoms with van der Waals surface area (Å²) >= 11 is 0. The van der Waals surface area contributed by atoms with E-state index in [1.165, 1.54) is 0 Å². The summed E-state index contributed by atoms with van der Waals surface area (Å²) in [6, 6.07) is 7.39. The van der Waals surface area contributed by atoms with E-state index in [1.807, 2.05) is 37.2 Å². The quantitative estimate of drug-likeness (QED) is 0.605. The van der Waals surface area contributed by atoms with Crippen LogP contribution in [0, 0.1) is 0 Å². The van der Waals surface area contributed by atoms with Gasteiger partial charge >= 0.3 is 0 Å². The van der Waals surface area contributed by atoms with Crippen molar-refractivity contribution in [2.75, 3.05) is 14.1 Å². The van der Waals surface area contributed by atoms with Crippen LogP contribution in [0.25, 0.3) is 0 Å². The average Bonchev–Trinajstić information content (AvgIpc) is 1.93. The Balaban J connectivity index is 0.00000121. The van der Waals surface area contributed by atoms with E-state index in [9.17, 15) is 5.11 Å². The van der Waals surface area contributed by atoms with Crippen LogP contribution in [-0.4, -0.2) is 24.1 Å². The van der Waals surface area contributed by atoms with Gasteiger partial charge in [0.1, 0.15) is 5.75 Å². The molecule has 0 fully saturated rings. The summed E-state index contributed by atoms with van der Waals surface area (Å²) in [5, 5.41) is 9.33. The summed E-state index contributed by atoms with van der Waals surface area (Å²) < 4.78 is 0. The van der Waals surface area contributed by atoms with E-state index in [0.29, 0.717) is 5.75 Å². The van der Waals surface area contributed by atoms with Gasteiger partial charge in [0.15, 0.2) is 0 Å². The van der Waals surface area contributed by atoms with Crippen LogP contribution in [0.4, 0.5) is 0 Å². The van der Waals surface area contributed by atoms with Crippen molar-refractivity contribution in [2.24, 2.45) is 0 Å². The van der Waals surface area contributed by atoms with Crippen molar-refractivity contribution in [1.82, 2.24) is 4.90 Å². The normalized spacial score (nSPS) is 9.58. The molecule has 0 aliphatic heterocycles. The molecule has 1 aromatic carbocycles. The third-order valence-corrected chi connectivity index (χ3v) is 1.48. The highest BCUT2D eigenvalue weighted by Crippen LogP contribution is 2.16. The Kier molecular flexibility index (Phi) is 4.71. The molecule has 1 aromatic rings. The number of phenols is 1. The van der Waals surface area contributed by atoms with E-state index in [4.69, 9.17) is 0 Å². The maximum atomic E-state index is 9.33. The first-order valence-corrected chi connectivity index (χ1v) is 3.62. The average molecular weight is 187 g/mol. The third-order valence-electron chi connectivity index (χ3n) is 1.48. The molecule has 0 amide bonds. The van der Waals surface area contributed by atoms with Gasteiger partial charge in [0.05, 0.1) is 0 Å². The van der Waals surface area contributed by atoms with Crippen molar-refractivity contribution in [2.45, 2.75) is 6.54 Å². The van der Waals surface area contributed by atoms with Crippen LogP contribution < -0.4 is 12.4 Å². The first-order chi connectivity index (χ1) is 5.20. The van der Waals surface area contributed by atoms with Crippen molar-refractivity contribution in [1.29, 1.82) is 0 Å². The second-order valence-corrected chi connectivity index (χ2v) is 2.87. The van der Waals surface area contributed by atoms with Crippen LogP contribution in [0.2, 0.25) is 0 Å². The zero-order chi connectivity index (χ0) is 8.27. The molecule has 68 valence electrons. The van der Waals surface area contributed by atoms with Gasteiger partial charge in [-0.25, -0.2) is 0 Å². The first kappa shape index (κ1) is 11.3. The van der Waals surface area contributed by atoms with Gasteiger partial charge in [-0.1, -0.05) is 18.2 Å². The van der Waals surface area contributed by atoms with Crippen molar-refractivity contribution in [3.63, 3.8) is 0 Å². The number of phenolic OH excluding ortho intramolecular Hbond substituents is 1. The Morgan fingerprint density at radius 1 is 1.25 bits per heavy atom. The molecule has 0 saturated heterocycles. The minimum Gasteiger partial charge on any atom is -1.00 e. The molecule has 0 spiro atoms. The molecule has 0 saturated carbocycles. The Morgan fingerprint density at radius 2 is 1.83 bits per heavy atom. The van der Waals surface area contributed by atoms with Crippen molar-refractivity contribution in [3.8, 4) is 5.75 Å². The van der Waals surface area contributed by atoms with Crippen molar-refractivity contribution >= 4 is 0 Å². The maximum Gasteiger partial charge on any atom is 0.120 e. The molecule has 0 bridgehead atoms. The highest BCUT2D eigenvalue weighted by Gasteiger charge is 1.98. The summed E-state index contributed by atoms with van der Waals surface area (Å²) in [6.07, 6.45) is 0. The summed E-state index contributed by atoms with van der Waals surface area (Å²) in [6.45, 7) is 0.784. The van der Waals surface area contributed by atoms with Gasteiger partial charge in [-0.2, -0.15) is 0 Å². The molecule has 0 atom stereocenters. The molecule has 12 heavy (non-hydrogen) atoms. The van der Waals surface area contributed by atoms with Gasteiger partial charge in [-0.05, 0) is 20.2 Å². The highest BCUT2D eigenvalue weighted by atomic mass is 35.5. The van der Waals surface area contributed by atoms with Gasteiger partial charge in [0, 0.05) is 12.1 Å². The molecule has 1 N–H and O–H groups in total. The fraction of sp³-hybridized carbons (Fsp3) is 0.333. The van der Waals surface area contributed by atoms with Crippen LogP contribution in [0.5, 0.6) is 5.75 Å². The summed E-state index contributed by atoms with van der Waals surface area (Å²) in [5.74, 6) is 0.376. The number of hydrogen-bond donors (Lipinski definition) is 1. The molecular weight excluding hydrogens is 174 g/mol. The molecule has 0 aliphatic carbocycles. The lowest BCUT2D eigenvalue weighted by atomic mass is 10.2. The number of halogens is 1. The summed E-state index contributed by atoms with van der Waals surface area (Å²) in [4.78, 5) is 2.02. The minimum absolute atomic E-state index is 0. The lowest BCUT2D eigenvalue weighted by Crippen LogP contribution is -3.00. The minimum atomic E-state index is 0. The maximum absolute atomic E-state index is 9.33. The van der Waals surface area contributed by atoms with E-state index >= 15 is 0 Å². The van der Waals surface area contributed by atoms with Gasteiger partial charge < -0.3 is 22.4 Å². The van der Waals surface area contributed by atoms with Crippen molar-refractivity contribution in [3.05, 3.63) is 29.8 Å². The highest BCUT2D eigenvalue weighted by molar-refractivity contribution is 5.31. The molecule has 0 unspecified atom stereocenters. The topological polar surface area (TPSA) is 23.5 Å². The standard InChI is InChI=1S/C9H13NO.ClH/c1-10(2)7-8-5-3-4-6-9(8)11;/h3-6,11H,7H2,1-2H3;1H/p-1. The predicted octanol–water partition coefficient (Wildman–Crippen LogP) is -1.54. The molecule has 1 rings (SSSR count). The molecule has 2 nitrogen and oxygen atoms in total. The fourth-order valence-electron chi connectivity index (χ4n) is 0.985. The van der Waals surface area contributed by atoms with E-state index in [1.54, 1.807) is 6.07 Å². The van der Waals surface area contributed by atoms with Gasteiger partial charge in [-0.15, -0.1) is 0 Å². The number of nitrogens with zero attached hydrogens (tertiary/aromatic N) is 1. The first-order valence-electron chi connectivity index (χ1n) is 3.62. The molecular formula is C9H13ClNO-. The Bertz CT molecular complexity index is 238. The molecule has 3 heteroatoms. The zero-order valence-electron chi connectivity index (χ0n) is 7.29. The Morgan fingerprint density at radius 3 is 2.33 bits per heavy atom. The lowest BCUT2D eigenvalue weighted by molar-refractivity contribution is -0.00000340. The Hall–Kier alpha value is -0.730. The van der Waals surface area contributed by atoms with Crippen LogP contribution >= 0.6 is 0 Å². The molecule has 0 heterocycles. The number of hydrogen-bond acceptors (Lipinski definition) is 2. The van der Waals surface area contributed by atoms with Crippen LogP contribution in [0.15, 0.2) is 24.3 Å². The predicted molar refractivity (Wildman–Crippen MR) is 45.5 cm³/mol. The summed E-state index contributed by atoms with van der Waals surface area (Å²) in [7, 11) is 3.96. The number of benzene rings is 1. The van der Waals surface area contributed by atoms with Crippen LogP contribution in [0.3, 0.4) is 0 Å².